The molecule has 12 aromatic rings. The zero-order chi connectivity index (χ0) is 95.3. The van der Waals surface area contributed by atoms with Gasteiger partial charge in [-0.25, -0.2) is 9.59 Å². The van der Waals surface area contributed by atoms with Crippen LogP contribution in [0, 0.1) is 0 Å². The van der Waals surface area contributed by atoms with E-state index >= 15 is 0 Å². The topological polar surface area (TPSA) is 237 Å². The van der Waals surface area contributed by atoms with Gasteiger partial charge in [-0.15, -0.1) is 0 Å². The minimum atomic E-state index is -2.04. The maximum absolute atomic E-state index is 15.0. The molecule has 4 saturated heterocycles. The van der Waals surface area contributed by atoms with Crippen LogP contribution in [0.25, 0.3) is 0 Å². The maximum Gasteiger partial charge on any atom is 0.330 e. The van der Waals surface area contributed by atoms with Crippen molar-refractivity contribution in [2.24, 2.45) is 0 Å². The summed E-state index contributed by atoms with van der Waals surface area (Å²) in [5.74, 6) is -5.58. The lowest BCUT2D eigenvalue weighted by Gasteiger charge is -2.48. The molecule has 728 valence electrons. The lowest BCUT2D eigenvalue weighted by Crippen LogP contribution is -2.65. The van der Waals surface area contributed by atoms with Crippen molar-refractivity contribution in [1.29, 1.82) is 0 Å². The number of rotatable bonds is 38. The highest BCUT2D eigenvalue weighted by Gasteiger charge is 2.64. The number of esters is 2. The molecule has 0 aromatic heterocycles. The van der Waals surface area contributed by atoms with E-state index in [-0.39, 0.29) is 119 Å². The van der Waals surface area contributed by atoms with E-state index in [0.29, 0.717) is 0 Å². The van der Waals surface area contributed by atoms with Crippen LogP contribution in [0.2, 0.25) is 0 Å². The molecule has 0 aliphatic carbocycles. The average Bonchev–Trinajstić information content (AvgIpc) is 1.55. The molecular weight excluding hydrogens is 1780 g/mol. The Morgan fingerprint density at radius 3 is 0.686 bits per heavy atom. The predicted octanol–water partition coefficient (Wildman–Crippen LogP) is 18.2. The van der Waals surface area contributed by atoms with E-state index in [9.17, 15) is 9.59 Å². The second kappa shape index (κ2) is 52.7. The molecule has 24 nitrogen and oxygen atoms in total. The molecule has 0 unspecified atom stereocenters. The zero-order valence-electron chi connectivity index (χ0n) is 78.1. The first-order valence-electron chi connectivity index (χ1n) is 47.8. The molecule has 0 amide bonds. The average molecular weight is 1900 g/mol. The predicted molar refractivity (Wildman–Crippen MR) is 519 cm³/mol. The Bertz CT molecular complexity index is 5280. The van der Waals surface area contributed by atoms with Gasteiger partial charge in [-0.2, -0.15) is 0 Å². The van der Waals surface area contributed by atoms with Crippen molar-refractivity contribution in [1.82, 2.24) is 0 Å². The summed E-state index contributed by atoms with van der Waals surface area (Å²) in [4.78, 5) is 30.0. The highest BCUT2D eigenvalue weighted by atomic mass is 16.8. The van der Waals surface area contributed by atoms with Crippen molar-refractivity contribution in [3.05, 3.63) is 455 Å². The lowest BCUT2D eigenvalue weighted by molar-refractivity contribution is -0.398. The summed E-state index contributed by atoms with van der Waals surface area (Å²) in [5, 5.41) is 0. The van der Waals surface area contributed by atoms with Gasteiger partial charge in [0.25, 0.3) is 0 Å². The van der Waals surface area contributed by atoms with Gasteiger partial charge < -0.3 is 104 Å². The van der Waals surface area contributed by atoms with Crippen molar-refractivity contribution >= 4 is 11.9 Å². The number of fused-ring (bicyclic) bond motifs is 8. The standard InChI is InChI=1S/C116H120O24/c117-101-63-37-66-120-80-98-104(126-70-88-45-19-4-20-46-88)108(130-74-92-53-27-8-28-54-92)110(132-76-94-57-31-10-32-58-94)114(136-98)140-116(84-122-68-86-41-15-2-16-42-86)112(134-78-96-61-35-12-36-62-96)106(128-72-90-49-23-6-24-50-90)100(138-116)82-124-102(118)64-38-65-119-79-97-103(125-69-87-43-17-3-18-44-87)107(129-73-91-51-25-7-26-52-91)109(131-75-93-55-29-9-30-56-93)113(135-97)139-115(83-121-67-85-39-13-1-14-40-85)111(133-77-95-59-33-11-34-60-95)105(99(137-115)81-123-101)127-71-89-47-21-5-22-48-89/h1-64,97-100,103-114H,65-84H2/b63-37+,64-38+/t97-,98-,99-,100-,103-,104-,105-,106-,107+,108+,109-,110-,111+,112+,113-,114-,115+,116+/m1/s1. The molecule has 5 aliphatic heterocycles. The third-order valence-corrected chi connectivity index (χ3v) is 24.6. The van der Waals surface area contributed by atoms with Gasteiger partial charge in [0.2, 0.25) is 11.6 Å². The van der Waals surface area contributed by atoms with Crippen LogP contribution in [0.5, 0.6) is 0 Å². The first kappa shape index (κ1) is 99.8. The number of hydrogen-bond donors (Lipinski definition) is 0. The first-order valence-corrected chi connectivity index (χ1v) is 47.8. The molecule has 140 heavy (non-hydrogen) atoms. The summed E-state index contributed by atoms with van der Waals surface area (Å²) in [6, 6.07) is 117. The fourth-order valence-corrected chi connectivity index (χ4v) is 17.6. The van der Waals surface area contributed by atoms with Gasteiger partial charge >= 0.3 is 11.9 Å². The fraction of sp³-hybridized carbons (Fsp3) is 0.328. The highest BCUT2D eigenvalue weighted by molar-refractivity contribution is 5.82. The van der Waals surface area contributed by atoms with E-state index in [2.05, 4.69) is 0 Å². The monoisotopic (exact) mass is 1900 g/mol. The highest BCUT2D eigenvalue weighted by Crippen LogP contribution is 2.46. The largest absolute Gasteiger partial charge is 0.460 e. The SMILES string of the molecule is O=C1/C=C/COC[C@H]2O[C@H](O[C@]3(COCc4ccccc4)O[C@H](COC(=O)/C=C/COC[C@H]4O[C@H](O[C@]5(COCc6ccccc6)O[C@H](CO1)[C@@H](OCc1ccccc1)[C@@H]5OCc1ccccc1)[C@H](OCc1ccccc1)[C@@H](OCc1ccccc1)[C@@H]4OCc1ccccc1)[C@@H](OCc1ccccc1)[C@@H]3OCc1ccccc1)[C@H](OCc1ccccc1)[C@@H](OCc1ccccc1)[C@@H]2OCc1ccccc1. The van der Waals surface area contributed by atoms with Crippen molar-refractivity contribution in [3.8, 4) is 0 Å². The summed E-state index contributed by atoms with van der Waals surface area (Å²) in [7, 11) is 0. The summed E-state index contributed by atoms with van der Waals surface area (Å²) in [6.07, 6.45) is -12.7. The van der Waals surface area contributed by atoms with Gasteiger partial charge in [0.1, 0.15) is 112 Å². The number of carbonyl (C=O) groups is 2. The van der Waals surface area contributed by atoms with Crippen molar-refractivity contribution in [2.75, 3.05) is 52.9 Å². The molecule has 18 atom stereocenters. The molecular formula is C116H120O24. The van der Waals surface area contributed by atoms with E-state index in [1.54, 1.807) is 12.2 Å². The fourth-order valence-electron chi connectivity index (χ4n) is 17.6. The Balaban J connectivity index is 0.780. The number of hydrogen-bond acceptors (Lipinski definition) is 24. The molecule has 8 bridgehead atoms. The van der Waals surface area contributed by atoms with Gasteiger partial charge in [0.05, 0.1) is 106 Å². The van der Waals surface area contributed by atoms with Crippen LogP contribution in [-0.4, -0.2) is 174 Å². The molecule has 17 rings (SSSR count). The second-order valence-electron chi connectivity index (χ2n) is 34.9. The minimum absolute atomic E-state index is 0.0192. The number of benzene rings is 12. The lowest BCUT2D eigenvalue weighted by atomic mass is 9.97. The Hall–Kier alpha value is -11.7. The van der Waals surface area contributed by atoms with E-state index < -0.39 is 135 Å². The summed E-state index contributed by atoms with van der Waals surface area (Å²) >= 11 is 0. The number of ether oxygens (including phenoxy) is 22. The van der Waals surface area contributed by atoms with Gasteiger partial charge in [0.15, 0.2) is 12.6 Å². The van der Waals surface area contributed by atoms with Crippen LogP contribution < -0.4 is 0 Å². The maximum atomic E-state index is 15.0. The molecule has 24 heteroatoms. The van der Waals surface area contributed by atoms with Gasteiger partial charge in [-0.05, 0) is 66.8 Å². The summed E-state index contributed by atoms with van der Waals surface area (Å²) < 4.78 is 159. The Kier molecular flexibility index (Phi) is 37.6. The van der Waals surface area contributed by atoms with Crippen LogP contribution >= 0.6 is 0 Å². The van der Waals surface area contributed by atoms with Gasteiger partial charge in [-0.1, -0.05) is 376 Å². The molecule has 0 N–H and O–H groups in total. The van der Waals surface area contributed by atoms with E-state index in [4.69, 9.17) is 104 Å². The van der Waals surface area contributed by atoms with Crippen molar-refractivity contribution in [2.45, 2.75) is 189 Å². The van der Waals surface area contributed by atoms with Crippen LogP contribution in [0.4, 0.5) is 0 Å². The molecule has 5 aliphatic rings. The molecule has 0 radical (unpaired) electrons. The molecule has 12 aromatic carbocycles. The third-order valence-electron chi connectivity index (χ3n) is 24.6. The minimum Gasteiger partial charge on any atom is -0.460 e. The number of carbonyl (C=O) groups excluding carboxylic acids is 2. The first-order chi connectivity index (χ1) is 69.2. The van der Waals surface area contributed by atoms with E-state index in [1.807, 2.05) is 364 Å². The number of cyclic esters (lactones) is 2. The molecule has 0 saturated carbocycles. The van der Waals surface area contributed by atoms with Crippen LogP contribution in [0.15, 0.2) is 388 Å². The quantitative estimate of drug-likeness (QED) is 0.0327. The smallest absolute Gasteiger partial charge is 0.330 e. The van der Waals surface area contributed by atoms with Crippen LogP contribution in [0.1, 0.15) is 66.8 Å². The van der Waals surface area contributed by atoms with Crippen molar-refractivity contribution < 1.29 is 114 Å². The van der Waals surface area contributed by atoms with Gasteiger partial charge in [-0.3, -0.25) is 0 Å². The van der Waals surface area contributed by atoms with Crippen molar-refractivity contribution in [3.63, 3.8) is 0 Å². The molecule has 5 heterocycles. The van der Waals surface area contributed by atoms with Crippen LogP contribution in [-0.2, 0) is 193 Å². The van der Waals surface area contributed by atoms with E-state index in [0.717, 1.165) is 66.8 Å². The van der Waals surface area contributed by atoms with E-state index in [1.165, 1.54) is 12.2 Å². The Labute approximate surface area is 818 Å². The normalized spacial score (nSPS) is 26.4. The van der Waals surface area contributed by atoms with Crippen LogP contribution in [0.3, 0.4) is 0 Å². The van der Waals surface area contributed by atoms with Gasteiger partial charge in [0, 0.05) is 12.2 Å². The zero-order valence-corrected chi connectivity index (χ0v) is 78.1. The Morgan fingerprint density at radius 2 is 0.436 bits per heavy atom. The summed E-state index contributed by atoms with van der Waals surface area (Å²) in [6.45, 7) is -1.43. The third kappa shape index (κ3) is 28.8. The summed E-state index contributed by atoms with van der Waals surface area (Å²) in [5.41, 5.74) is 10.1. The second-order valence-corrected chi connectivity index (χ2v) is 34.9. The molecule has 0 spiro atoms. The Morgan fingerprint density at radius 1 is 0.221 bits per heavy atom. The molecule has 4 fully saturated rings.